The van der Waals surface area contributed by atoms with Gasteiger partial charge in [-0.05, 0) is 44.9 Å². The number of nitrogens with one attached hydrogen (secondary N) is 1. The zero-order chi connectivity index (χ0) is 12.9. The van der Waals surface area contributed by atoms with Crippen molar-refractivity contribution >= 4 is 5.91 Å². The van der Waals surface area contributed by atoms with E-state index >= 15 is 0 Å². The van der Waals surface area contributed by atoms with E-state index in [1.165, 1.54) is 0 Å². The number of hydrogen-bond donors (Lipinski definition) is 2. The van der Waals surface area contributed by atoms with Gasteiger partial charge in [0, 0.05) is 18.8 Å². The Kier molecular flexibility index (Phi) is 4.63. The Balaban J connectivity index is 2.41. The average molecular weight is 236 g/mol. The lowest BCUT2D eigenvalue weighted by Crippen LogP contribution is -2.51. The summed E-state index contributed by atoms with van der Waals surface area (Å²) < 4.78 is 0. The second kappa shape index (κ2) is 5.77. The van der Waals surface area contributed by atoms with Crippen LogP contribution in [-0.2, 0) is 11.2 Å². The fraction of sp³-hybridized carbons (Fsp3) is 0.538. The molecule has 0 aliphatic heterocycles. The summed E-state index contributed by atoms with van der Waals surface area (Å²) in [6.45, 7) is 5.28. The van der Waals surface area contributed by atoms with Gasteiger partial charge in [0.1, 0.15) is 0 Å². The minimum absolute atomic E-state index is 0.0484. The van der Waals surface area contributed by atoms with E-state index < -0.39 is 11.6 Å². The highest BCUT2D eigenvalue weighted by molar-refractivity contribution is 5.77. The number of carbonyl (C=O) groups is 1. The number of aliphatic hydroxyl groups excluding tert-OH is 1. The van der Waals surface area contributed by atoms with Crippen LogP contribution in [0.15, 0.2) is 24.5 Å². The van der Waals surface area contributed by atoms with E-state index in [0.717, 1.165) is 5.56 Å². The first kappa shape index (κ1) is 13.6. The van der Waals surface area contributed by atoms with Crippen LogP contribution in [0.4, 0.5) is 0 Å². The van der Waals surface area contributed by atoms with Crippen LogP contribution in [0.2, 0.25) is 0 Å². The summed E-state index contributed by atoms with van der Waals surface area (Å²) in [6, 6.07) is 3.79. The molecule has 1 aromatic heterocycles. The molecule has 0 saturated heterocycles. The summed E-state index contributed by atoms with van der Waals surface area (Å²) >= 11 is 0. The fourth-order valence-corrected chi connectivity index (χ4v) is 1.33. The number of aliphatic hydroxyl groups is 1. The SMILES string of the molecule is CC(O)C(C)(C)NC(=O)CCc1ccncc1. The molecule has 4 nitrogen and oxygen atoms in total. The van der Waals surface area contributed by atoms with Gasteiger partial charge >= 0.3 is 0 Å². The molecule has 0 fully saturated rings. The third kappa shape index (κ3) is 4.53. The van der Waals surface area contributed by atoms with Crippen molar-refractivity contribution < 1.29 is 9.90 Å². The number of amides is 1. The summed E-state index contributed by atoms with van der Waals surface area (Å²) in [5.41, 5.74) is 0.500. The molecule has 0 saturated carbocycles. The zero-order valence-electron chi connectivity index (χ0n) is 10.6. The minimum Gasteiger partial charge on any atom is -0.391 e. The molecule has 1 rings (SSSR count). The number of carbonyl (C=O) groups excluding carboxylic acids is 1. The van der Waals surface area contributed by atoms with Crippen LogP contribution in [-0.4, -0.2) is 27.6 Å². The van der Waals surface area contributed by atoms with Crippen molar-refractivity contribution in [3.63, 3.8) is 0 Å². The summed E-state index contributed by atoms with van der Waals surface area (Å²) in [5, 5.41) is 12.3. The third-order valence-electron chi connectivity index (χ3n) is 2.90. The number of nitrogens with zero attached hydrogens (tertiary/aromatic N) is 1. The maximum atomic E-state index is 11.7. The first-order valence-electron chi connectivity index (χ1n) is 5.80. The Morgan fingerprint density at radius 1 is 1.47 bits per heavy atom. The lowest BCUT2D eigenvalue weighted by molar-refractivity contribution is -0.123. The van der Waals surface area contributed by atoms with Crippen LogP contribution in [0.25, 0.3) is 0 Å². The van der Waals surface area contributed by atoms with Crippen molar-refractivity contribution in [2.75, 3.05) is 0 Å². The molecule has 0 aliphatic carbocycles. The standard InChI is InChI=1S/C13H20N2O2/c1-10(16)13(2,3)15-12(17)5-4-11-6-8-14-9-7-11/h6-10,16H,4-5H2,1-3H3,(H,15,17). The number of hydrogen-bond acceptors (Lipinski definition) is 3. The van der Waals surface area contributed by atoms with Crippen molar-refractivity contribution in [3.8, 4) is 0 Å². The van der Waals surface area contributed by atoms with Crippen LogP contribution < -0.4 is 5.32 Å². The van der Waals surface area contributed by atoms with Gasteiger partial charge in [0.2, 0.25) is 5.91 Å². The second-order valence-corrected chi connectivity index (χ2v) is 4.80. The summed E-state index contributed by atoms with van der Waals surface area (Å²) in [7, 11) is 0. The van der Waals surface area contributed by atoms with Gasteiger partial charge in [-0.25, -0.2) is 0 Å². The Morgan fingerprint density at radius 2 is 2.06 bits per heavy atom. The molecule has 4 heteroatoms. The van der Waals surface area contributed by atoms with Gasteiger partial charge in [-0.1, -0.05) is 0 Å². The number of aromatic nitrogens is 1. The molecule has 2 N–H and O–H groups in total. The van der Waals surface area contributed by atoms with Gasteiger partial charge in [-0.2, -0.15) is 0 Å². The molecular formula is C13H20N2O2. The Bertz CT molecular complexity index is 361. The molecule has 0 bridgehead atoms. The maximum Gasteiger partial charge on any atom is 0.220 e. The van der Waals surface area contributed by atoms with E-state index in [0.29, 0.717) is 12.8 Å². The molecule has 1 unspecified atom stereocenters. The van der Waals surface area contributed by atoms with Gasteiger partial charge in [0.15, 0.2) is 0 Å². The van der Waals surface area contributed by atoms with Crippen LogP contribution >= 0.6 is 0 Å². The molecule has 17 heavy (non-hydrogen) atoms. The van der Waals surface area contributed by atoms with E-state index in [2.05, 4.69) is 10.3 Å². The van der Waals surface area contributed by atoms with Crippen LogP contribution in [0, 0.1) is 0 Å². The van der Waals surface area contributed by atoms with Gasteiger partial charge in [0.25, 0.3) is 0 Å². The number of pyridine rings is 1. The van der Waals surface area contributed by atoms with E-state index in [4.69, 9.17) is 0 Å². The molecule has 1 amide bonds. The van der Waals surface area contributed by atoms with E-state index in [1.807, 2.05) is 26.0 Å². The Hall–Kier alpha value is -1.42. The van der Waals surface area contributed by atoms with Gasteiger partial charge in [-0.15, -0.1) is 0 Å². The lowest BCUT2D eigenvalue weighted by atomic mass is 9.98. The quantitative estimate of drug-likeness (QED) is 0.809. The third-order valence-corrected chi connectivity index (χ3v) is 2.90. The number of rotatable bonds is 5. The predicted octanol–water partition coefficient (Wildman–Crippen LogP) is 1.29. The molecular weight excluding hydrogens is 216 g/mol. The van der Waals surface area contributed by atoms with Crippen LogP contribution in [0.5, 0.6) is 0 Å². The van der Waals surface area contributed by atoms with Crippen molar-refractivity contribution in [2.45, 2.75) is 45.3 Å². The molecule has 0 radical (unpaired) electrons. The normalized spacial score (nSPS) is 13.2. The molecule has 0 aromatic carbocycles. The largest absolute Gasteiger partial charge is 0.391 e. The lowest BCUT2D eigenvalue weighted by Gasteiger charge is -2.29. The van der Waals surface area contributed by atoms with Crippen LogP contribution in [0.1, 0.15) is 32.8 Å². The van der Waals surface area contributed by atoms with Crippen molar-refractivity contribution in [3.05, 3.63) is 30.1 Å². The molecule has 1 aromatic rings. The van der Waals surface area contributed by atoms with Crippen LogP contribution in [0.3, 0.4) is 0 Å². The second-order valence-electron chi connectivity index (χ2n) is 4.80. The van der Waals surface area contributed by atoms with E-state index in [1.54, 1.807) is 19.3 Å². The van der Waals surface area contributed by atoms with Crippen molar-refractivity contribution in [1.82, 2.24) is 10.3 Å². The minimum atomic E-state index is -0.588. The van der Waals surface area contributed by atoms with E-state index in [-0.39, 0.29) is 5.91 Å². The van der Waals surface area contributed by atoms with E-state index in [9.17, 15) is 9.90 Å². The summed E-state index contributed by atoms with van der Waals surface area (Å²) in [5.74, 6) is -0.0484. The summed E-state index contributed by atoms with van der Waals surface area (Å²) in [6.07, 6.45) is 3.96. The molecule has 1 heterocycles. The zero-order valence-corrected chi connectivity index (χ0v) is 10.6. The maximum absolute atomic E-state index is 11.7. The first-order chi connectivity index (χ1) is 7.92. The average Bonchev–Trinajstić information content (AvgIpc) is 2.27. The molecule has 94 valence electrons. The Labute approximate surface area is 102 Å². The highest BCUT2D eigenvalue weighted by atomic mass is 16.3. The van der Waals surface area contributed by atoms with Gasteiger partial charge < -0.3 is 10.4 Å². The first-order valence-corrected chi connectivity index (χ1v) is 5.80. The van der Waals surface area contributed by atoms with Gasteiger partial charge in [-0.3, -0.25) is 9.78 Å². The smallest absolute Gasteiger partial charge is 0.220 e. The molecule has 0 aliphatic rings. The highest BCUT2D eigenvalue weighted by Crippen LogP contribution is 2.09. The highest BCUT2D eigenvalue weighted by Gasteiger charge is 2.25. The predicted molar refractivity (Wildman–Crippen MR) is 66.5 cm³/mol. The van der Waals surface area contributed by atoms with Crippen molar-refractivity contribution in [1.29, 1.82) is 0 Å². The fourth-order valence-electron chi connectivity index (χ4n) is 1.33. The molecule has 0 spiro atoms. The number of aryl methyl sites for hydroxylation is 1. The van der Waals surface area contributed by atoms with Gasteiger partial charge in [0.05, 0.1) is 11.6 Å². The topological polar surface area (TPSA) is 62.2 Å². The molecule has 1 atom stereocenters. The summed E-state index contributed by atoms with van der Waals surface area (Å²) in [4.78, 5) is 15.6. The monoisotopic (exact) mass is 236 g/mol. The Morgan fingerprint density at radius 3 is 2.59 bits per heavy atom. The van der Waals surface area contributed by atoms with Crippen molar-refractivity contribution in [2.24, 2.45) is 0 Å².